The molecule has 0 aliphatic heterocycles. The van der Waals surface area contributed by atoms with Crippen molar-refractivity contribution in [1.29, 1.82) is 0 Å². The molecule has 3 aromatic rings. The van der Waals surface area contributed by atoms with Gasteiger partial charge in [0.2, 0.25) is 5.91 Å². The van der Waals surface area contributed by atoms with Gasteiger partial charge in [-0.05, 0) is 13.0 Å². The molecule has 2 heterocycles. The Bertz CT molecular complexity index is 944. The van der Waals surface area contributed by atoms with E-state index in [0.717, 1.165) is 0 Å². The average Bonchev–Trinajstić information content (AvgIpc) is 3.30. The highest BCUT2D eigenvalue weighted by Gasteiger charge is 2.23. The highest BCUT2D eigenvalue weighted by Crippen LogP contribution is 2.39. The molecule has 2 aromatic heterocycles. The van der Waals surface area contributed by atoms with E-state index in [2.05, 4.69) is 20.5 Å². The number of nitrogens with zero attached hydrogens (tertiary/aromatic N) is 2. The molecule has 1 aromatic carbocycles. The Balaban J connectivity index is 1.85. The molecular weight excluding hydrogens is 408 g/mol. The molecule has 0 atom stereocenters. The Labute approximate surface area is 168 Å². The zero-order valence-electron chi connectivity index (χ0n) is 14.2. The van der Waals surface area contributed by atoms with Crippen molar-refractivity contribution < 1.29 is 14.3 Å². The number of carbonyl (C=O) groups is 2. The second-order valence-corrected chi connectivity index (χ2v) is 7.43. The van der Waals surface area contributed by atoms with Gasteiger partial charge in [0, 0.05) is 21.5 Å². The second kappa shape index (κ2) is 9.03. The standard InChI is InChI=1S/C17H15ClN4O3S2/c1-2-25-16(24)14-11(10-5-3-4-6-12(10)18)7-26-15(14)21-13(23)8-27-17-19-9-20-22-17/h3-7,9H,2,8H2,1H3,(H,21,23)(H,19,20,22). The number of carbonyl (C=O) groups excluding carboxylic acids is 2. The van der Waals surface area contributed by atoms with Crippen LogP contribution in [0.25, 0.3) is 11.1 Å². The molecule has 3 rings (SSSR count). The molecule has 7 nitrogen and oxygen atoms in total. The smallest absolute Gasteiger partial charge is 0.341 e. The molecular formula is C17H15ClN4O3S2. The van der Waals surface area contributed by atoms with E-state index in [9.17, 15) is 9.59 Å². The summed E-state index contributed by atoms with van der Waals surface area (Å²) in [5.41, 5.74) is 1.63. The summed E-state index contributed by atoms with van der Waals surface area (Å²) in [6.45, 7) is 1.96. The summed E-state index contributed by atoms with van der Waals surface area (Å²) in [6, 6.07) is 7.21. The summed E-state index contributed by atoms with van der Waals surface area (Å²) in [6.07, 6.45) is 1.37. The van der Waals surface area contributed by atoms with Gasteiger partial charge in [-0.2, -0.15) is 5.10 Å². The third-order valence-corrected chi connectivity index (χ3v) is 5.52. The molecule has 0 aliphatic carbocycles. The van der Waals surface area contributed by atoms with Crippen LogP contribution in [-0.2, 0) is 9.53 Å². The lowest BCUT2D eigenvalue weighted by atomic mass is 10.0. The number of aromatic amines is 1. The van der Waals surface area contributed by atoms with Crippen molar-refractivity contribution in [2.24, 2.45) is 0 Å². The number of ether oxygens (including phenoxy) is 1. The quantitative estimate of drug-likeness (QED) is 0.439. The van der Waals surface area contributed by atoms with Crippen molar-refractivity contribution in [2.75, 3.05) is 17.7 Å². The number of nitrogens with one attached hydrogen (secondary N) is 2. The summed E-state index contributed by atoms with van der Waals surface area (Å²) in [5.74, 6) is -0.655. The molecule has 0 fully saturated rings. The maximum Gasteiger partial charge on any atom is 0.341 e. The number of benzene rings is 1. The number of amides is 1. The monoisotopic (exact) mass is 422 g/mol. The topological polar surface area (TPSA) is 97.0 Å². The Morgan fingerprint density at radius 3 is 2.85 bits per heavy atom. The second-order valence-electron chi connectivity index (χ2n) is 5.18. The van der Waals surface area contributed by atoms with Crippen molar-refractivity contribution in [3.05, 3.63) is 46.6 Å². The lowest BCUT2D eigenvalue weighted by Gasteiger charge is -2.09. The van der Waals surface area contributed by atoms with Crippen LogP contribution in [0.2, 0.25) is 5.02 Å². The van der Waals surface area contributed by atoms with E-state index < -0.39 is 5.97 Å². The molecule has 10 heteroatoms. The molecule has 0 radical (unpaired) electrons. The van der Waals surface area contributed by atoms with E-state index >= 15 is 0 Å². The van der Waals surface area contributed by atoms with Crippen LogP contribution in [0, 0.1) is 0 Å². The first-order valence-corrected chi connectivity index (χ1v) is 10.2. The van der Waals surface area contributed by atoms with Gasteiger partial charge in [0.1, 0.15) is 16.9 Å². The maximum atomic E-state index is 12.5. The minimum absolute atomic E-state index is 0.122. The van der Waals surface area contributed by atoms with Gasteiger partial charge in [-0.3, -0.25) is 9.89 Å². The number of aromatic nitrogens is 3. The molecule has 1 amide bonds. The minimum Gasteiger partial charge on any atom is -0.462 e. The molecule has 0 saturated heterocycles. The largest absolute Gasteiger partial charge is 0.462 e. The van der Waals surface area contributed by atoms with Gasteiger partial charge in [0.25, 0.3) is 0 Å². The third kappa shape index (κ3) is 4.68. The minimum atomic E-state index is -0.508. The van der Waals surface area contributed by atoms with Crippen LogP contribution in [0.1, 0.15) is 17.3 Å². The number of esters is 1. The van der Waals surface area contributed by atoms with Crippen LogP contribution in [0.5, 0.6) is 0 Å². The van der Waals surface area contributed by atoms with Crippen LogP contribution in [-0.4, -0.2) is 39.4 Å². The van der Waals surface area contributed by atoms with Crippen LogP contribution in [0.3, 0.4) is 0 Å². The molecule has 0 bridgehead atoms. The lowest BCUT2D eigenvalue weighted by Crippen LogP contribution is -2.16. The molecule has 140 valence electrons. The molecule has 27 heavy (non-hydrogen) atoms. The van der Waals surface area contributed by atoms with Gasteiger partial charge < -0.3 is 10.1 Å². The number of anilines is 1. The summed E-state index contributed by atoms with van der Waals surface area (Å²) < 4.78 is 5.17. The van der Waals surface area contributed by atoms with E-state index in [4.69, 9.17) is 16.3 Å². The zero-order chi connectivity index (χ0) is 19.2. The predicted molar refractivity (Wildman–Crippen MR) is 106 cm³/mol. The number of thiophene rings is 1. The van der Waals surface area contributed by atoms with E-state index in [0.29, 0.717) is 31.9 Å². The number of rotatable bonds is 7. The van der Waals surface area contributed by atoms with Gasteiger partial charge in [-0.15, -0.1) is 11.3 Å². The normalized spacial score (nSPS) is 10.6. The first-order chi connectivity index (χ1) is 13.1. The number of hydrogen-bond donors (Lipinski definition) is 2. The average molecular weight is 423 g/mol. The lowest BCUT2D eigenvalue weighted by molar-refractivity contribution is -0.113. The van der Waals surface area contributed by atoms with Crippen molar-refractivity contribution in [3.8, 4) is 11.1 Å². The Kier molecular flexibility index (Phi) is 6.49. The predicted octanol–water partition coefficient (Wildman–Crippen LogP) is 4.09. The summed E-state index contributed by atoms with van der Waals surface area (Å²) >= 11 is 8.74. The maximum absolute atomic E-state index is 12.5. The van der Waals surface area contributed by atoms with Crippen molar-refractivity contribution >= 4 is 51.6 Å². The SMILES string of the molecule is CCOC(=O)c1c(-c2ccccc2Cl)csc1NC(=O)CSc1ncn[nH]1. The number of halogens is 1. The van der Waals surface area contributed by atoms with E-state index in [1.807, 2.05) is 18.2 Å². The van der Waals surface area contributed by atoms with Crippen molar-refractivity contribution in [2.45, 2.75) is 12.1 Å². The summed E-state index contributed by atoms with van der Waals surface area (Å²) in [4.78, 5) is 28.8. The number of H-pyrrole nitrogens is 1. The van der Waals surface area contributed by atoms with Gasteiger partial charge in [-0.25, -0.2) is 9.78 Å². The van der Waals surface area contributed by atoms with Gasteiger partial charge in [0.15, 0.2) is 5.16 Å². The molecule has 0 saturated carbocycles. The molecule has 0 unspecified atom stereocenters. The Hall–Kier alpha value is -2.36. The fraction of sp³-hybridized carbons (Fsp3) is 0.176. The molecule has 0 aliphatic rings. The molecule has 2 N–H and O–H groups in total. The highest BCUT2D eigenvalue weighted by atomic mass is 35.5. The Morgan fingerprint density at radius 1 is 1.33 bits per heavy atom. The first-order valence-electron chi connectivity index (χ1n) is 7.91. The van der Waals surface area contributed by atoms with Crippen molar-refractivity contribution in [1.82, 2.24) is 15.2 Å². The van der Waals surface area contributed by atoms with E-state index in [1.54, 1.807) is 18.4 Å². The van der Waals surface area contributed by atoms with Gasteiger partial charge in [0.05, 0.1) is 12.4 Å². The first kappa shape index (κ1) is 19.4. The van der Waals surface area contributed by atoms with Crippen molar-refractivity contribution in [3.63, 3.8) is 0 Å². The van der Waals surface area contributed by atoms with Crippen LogP contribution in [0.15, 0.2) is 41.1 Å². The fourth-order valence-corrected chi connectivity index (χ4v) is 4.07. The van der Waals surface area contributed by atoms with Crippen LogP contribution in [0.4, 0.5) is 5.00 Å². The van der Waals surface area contributed by atoms with Gasteiger partial charge >= 0.3 is 5.97 Å². The van der Waals surface area contributed by atoms with Crippen LogP contribution >= 0.6 is 34.7 Å². The molecule has 0 spiro atoms. The third-order valence-electron chi connectivity index (χ3n) is 3.42. The zero-order valence-corrected chi connectivity index (χ0v) is 16.6. The van der Waals surface area contributed by atoms with Gasteiger partial charge in [-0.1, -0.05) is 41.6 Å². The number of hydrogen-bond acceptors (Lipinski definition) is 7. The fourth-order valence-electron chi connectivity index (χ4n) is 2.29. The van der Waals surface area contributed by atoms with E-state index in [1.165, 1.54) is 29.4 Å². The van der Waals surface area contributed by atoms with Crippen LogP contribution < -0.4 is 5.32 Å². The highest BCUT2D eigenvalue weighted by molar-refractivity contribution is 7.99. The summed E-state index contributed by atoms with van der Waals surface area (Å²) in [5, 5.41) is 12.4. The summed E-state index contributed by atoms with van der Waals surface area (Å²) in [7, 11) is 0. The Morgan fingerprint density at radius 2 is 2.15 bits per heavy atom. The number of thioether (sulfide) groups is 1. The van der Waals surface area contributed by atoms with E-state index in [-0.39, 0.29) is 18.3 Å².